The Balaban J connectivity index is 1.87. The van der Waals surface area contributed by atoms with Crippen LogP contribution in [0.5, 0.6) is 0 Å². The summed E-state index contributed by atoms with van der Waals surface area (Å²) in [4.78, 5) is 35.1. The van der Waals surface area contributed by atoms with Gasteiger partial charge in [0.1, 0.15) is 0 Å². The molecule has 2 rings (SSSR count). The fourth-order valence-electron chi connectivity index (χ4n) is 2.27. The molecule has 0 heterocycles. The third-order valence-electron chi connectivity index (χ3n) is 3.47. The van der Waals surface area contributed by atoms with Crippen molar-refractivity contribution in [1.82, 2.24) is 10.9 Å². The fourth-order valence-corrected chi connectivity index (χ4v) is 2.27. The summed E-state index contributed by atoms with van der Waals surface area (Å²) in [6, 6.07) is 13.9. The van der Waals surface area contributed by atoms with E-state index in [1.54, 1.807) is 37.3 Å². The van der Waals surface area contributed by atoms with Crippen LogP contribution in [0.1, 0.15) is 29.8 Å². The van der Waals surface area contributed by atoms with Crippen LogP contribution in [0.2, 0.25) is 0 Å². The molecule has 3 amide bonds. The Morgan fingerprint density at radius 3 is 2.19 bits per heavy atom. The van der Waals surface area contributed by atoms with E-state index < -0.39 is 0 Å². The first-order valence-electron chi connectivity index (χ1n) is 8.33. The summed E-state index contributed by atoms with van der Waals surface area (Å²) in [5.74, 6) is -0.853. The van der Waals surface area contributed by atoms with Gasteiger partial charge in [0, 0.05) is 35.6 Å². The van der Waals surface area contributed by atoms with Gasteiger partial charge in [-0.2, -0.15) is 0 Å². The zero-order chi connectivity index (χ0) is 19.8. The number of aryl methyl sites for hydroxylation is 1. The molecule has 7 nitrogen and oxygen atoms in total. The van der Waals surface area contributed by atoms with Crippen molar-refractivity contribution in [2.75, 3.05) is 10.6 Å². The molecule has 0 saturated carbocycles. The molecular weight excluding hydrogens is 344 g/mol. The zero-order valence-electron chi connectivity index (χ0n) is 15.4. The number of anilines is 2. The normalized spacial score (nSPS) is 10.7. The van der Waals surface area contributed by atoms with E-state index in [0.717, 1.165) is 5.56 Å². The Morgan fingerprint density at radius 2 is 1.56 bits per heavy atom. The lowest BCUT2D eigenvalue weighted by Gasteiger charge is -2.10. The van der Waals surface area contributed by atoms with Gasteiger partial charge in [-0.15, -0.1) is 0 Å². The number of allylic oxidation sites excluding steroid dienone is 1. The van der Waals surface area contributed by atoms with Crippen LogP contribution < -0.4 is 21.5 Å². The zero-order valence-corrected chi connectivity index (χ0v) is 15.4. The van der Waals surface area contributed by atoms with Crippen molar-refractivity contribution in [3.05, 3.63) is 71.4 Å². The van der Waals surface area contributed by atoms with Crippen molar-refractivity contribution in [3.63, 3.8) is 0 Å². The SMILES string of the molecule is CC(=O)Nc1ccc(C(=O)NNC(C)=CC(=O)Nc2cccc(C)c2)cc1. The third kappa shape index (κ3) is 6.66. The second-order valence-corrected chi connectivity index (χ2v) is 6.02. The van der Waals surface area contributed by atoms with Crippen molar-refractivity contribution < 1.29 is 14.4 Å². The molecule has 140 valence electrons. The molecule has 0 saturated heterocycles. The second kappa shape index (κ2) is 9.19. The van der Waals surface area contributed by atoms with Crippen LogP contribution in [-0.4, -0.2) is 17.7 Å². The molecule has 2 aromatic carbocycles. The maximum Gasteiger partial charge on any atom is 0.269 e. The molecule has 4 N–H and O–H groups in total. The van der Waals surface area contributed by atoms with E-state index in [2.05, 4.69) is 21.5 Å². The van der Waals surface area contributed by atoms with Crippen LogP contribution in [0.3, 0.4) is 0 Å². The van der Waals surface area contributed by atoms with E-state index in [9.17, 15) is 14.4 Å². The molecule has 0 aliphatic rings. The van der Waals surface area contributed by atoms with Gasteiger partial charge in [0.25, 0.3) is 5.91 Å². The average molecular weight is 366 g/mol. The smallest absolute Gasteiger partial charge is 0.269 e. The highest BCUT2D eigenvalue weighted by molar-refractivity contribution is 6.00. The highest BCUT2D eigenvalue weighted by Gasteiger charge is 2.06. The van der Waals surface area contributed by atoms with Crippen molar-refractivity contribution in [2.45, 2.75) is 20.8 Å². The van der Waals surface area contributed by atoms with Gasteiger partial charge in [-0.25, -0.2) is 0 Å². The summed E-state index contributed by atoms with van der Waals surface area (Å²) in [5.41, 5.74) is 8.44. The van der Waals surface area contributed by atoms with E-state index >= 15 is 0 Å². The summed E-state index contributed by atoms with van der Waals surface area (Å²) < 4.78 is 0. The largest absolute Gasteiger partial charge is 0.326 e. The molecule has 0 radical (unpaired) electrons. The first-order valence-corrected chi connectivity index (χ1v) is 8.33. The molecule has 0 aliphatic heterocycles. The van der Waals surface area contributed by atoms with Crippen molar-refractivity contribution in [2.24, 2.45) is 0 Å². The standard InChI is InChI=1S/C20H22N4O3/c1-13-5-4-6-18(11-13)22-19(26)12-14(2)23-24-20(27)16-7-9-17(10-8-16)21-15(3)25/h4-12,23H,1-3H3,(H,21,25)(H,22,26)(H,24,27). The van der Waals surface area contributed by atoms with E-state index in [-0.39, 0.29) is 17.7 Å². The lowest BCUT2D eigenvalue weighted by atomic mass is 10.2. The topological polar surface area (TPSA) is 99.3 Å². The molecule has 7 heteroatoms. The van der Waals surface area contributed by atoms with Crippen LogP contribution in [-0.2, 0) is 9.59 Å². The highest BCUT2D eigenvalue weighted by atomic mass is 16.2. The average Bonchev–Trinajstić information content (AvgIpc) is 2.59. The van der Waals surface area contributed by atoms with Gasteiger partial charge in [-0.3, -0.25) is 19.8 Å². The monoisotopic (exact) mass is 366 g/mol. The van der Waals surface area contributed by atoms with Gasteiger partial charge in [0.2, 0.25) is 11.8 Å². The Labute approximate surface area is 157 Å². The van der Waals surface area contributed by atoms with Crippen LogP contribution in [0.15, 0.2) is 60.3 Å². The van der Waals surface area contributed by atoms with Gasteiger partial charge in [-0.1, -0.05) is 12.1 Å². The maximum absolute atomic E-state index is 12.1. The summed E-state index contributed by atoms with van der Waals surface area (Å²) >= 11 is 0. The van der Waals surface area contributed by atoms with Crippen molar-refractivity contribution in [3.8, 4) is 0 Å². The lowest BCUT2D eigenvalue weighted by molar-refractivity contribution is -0.114. The Hall–Kier alpha value is -3.61. The quantitative estimate of drug-likeness (QED) is 0.467. The van der Waals surface area contributed by atoms with E-state index in [1.165, 1.54) is 13.0 Å². The van der Waals surface area contributed by atoms with Gasteiger partial charge in [0.15, 0.2) is 0 Å². The Morgan fingerprint density at radius 1 is 0.852 bits per heavy atom. The molecule has 0 atom stereocenters. The minimum absolute atomic E-state index is 0.182. The molecule has 0 fully saturated rings. The van der Waals surface area contributed by atoms with Crippen LogP contribution in [0, 0.1) is 6.92 Å². The number of carbonyl (C=O) groups excluding carboxylic acids is 3. The molecule has 0 aromatic heterocycles. The van der Waals surface area contributed by atoms with Gasteiger partial charge < -0.3 is 16.1 Å². The van der Waals surface area contributed by atoms with Gasteiger partial charge in [0.05, 0.1) is 0 Å². The van der Waals surface area contributed by atoms with Crippen LogP contribution >= 0.6 is 0 Å². The first kappa shape index (κ1) is 19.7. The van der Waals surface area contributed by atoms with Crippen molar-refractivity contribution >= 4 is 29.1 Å². The predicted molar refractivity (Wildman–Crippen MR) is 105 cm³/mol. The summed E-state index contributed by atoms with van der Waals surface area (Å²) in [5, 5.41) is 5.38. The van der Waals surface area contributed by atoms with Crippen LogP contribution in [0.4, 0.5) is 11.4 Å². The number of benzene rings is 2. The highest BCUT2D eigenvalue weighted by Crippen LogP contribution is 2.10. The molecule has 0 spiro atoms. The molecule has 0 aliphatic carbocycles. The molecule has 27 heavy (non-hydrogen) atoms. The summed E-state index contributed by atoms with van der Waals surface area (Å²) in [6.07, 6.45) is 1.35. The number of nitrogens with one attached hydrogen (secondary N) is 4. The molecule has 0 bridgehead atoms. The molecular formula is C20H22N4O3. The van der Waals surface area contributed by atoms with Gasteiger partial charge >= 0.3 is 0 Å². The van der Waals surface area contributed by atoms with E-state index in [0.29, 0.717) is 22.6 Å². The first-order chi connectivity index (χ1) is 12.8. The van der Waals surface area contributed by atoms with Crippen molar-refractivity contribution in [1.29, 1.82) is 0 Å². The number of amides is 3. The third-order valence-corrected chi connectivity index (χ3v) is 3.47. The Kier molecular flexibility index (Phi) is 6.71. The summed E-state index contributed by atoms with van der Waals surface area (Å²) in [6.45, 7) is 5.02. The Bertz CT molecular complexity index is 873. The number of rotatable bonds is 6. The molecule has 2 aromatic rings. The molecule has 0 unspecified atom stereocenters. The van der Waals surface area contributed by atoms with E-state index in [4.69, 9.17) is 0 Å². The number of carbonyl (C=O) groups is 3. The van der Waals surface area contributed by atoms with Gasteiger partial charge in [-0.05, 0) is 55.8 Å². The van der Waals surface area contributed by atoms with E-state index in [1.807, 2.05) is 25.1 Å². The van der Waals surface area contributed by atoms with Crippen LogP contribution in [0.25, 0.3) is 0 Å². The minimum atomic E-state index is -0.365. The number of hydrogen-bond donors (Lipinski definition) is 4. The predicted octanol–water partition coefficient (Wildman–Crippen LogP) is 2.73. The maximum atomic E-state index is 12.1. The lowest BCUT2D eigenvalue weighted by Crippen LogP contribution is -2.36. The minimum Gasteiger partial charge on any atom is -0.326 e. The summed E-state index contributed by atoms with van der Waals surface area (Å²) in [7, 11) is 0. The number of hydrazine groups is 1. The number of hydrogen-bond acceptors (Lipinski definition) is 4. The second-order valence-electron chi connectivity index (χ2n) is 6.02. The fraction of sp³-hybridized carbons (Fsp3) is 0.150.